The van der Waals surface area contributed by atoms with Gasteiger partial charge in [0.05, 0.1) is 10.6 Å². The number of hydrogen-bond acceptors (Lipinski definition) is 5. The van der Waals surface area contributed by atoms with Crippen molar-refractivity contribution in [2.24, 2.45) is 0 Å². The number of hydrogen-bond donors (Lipinski definition) is 0. The largest absolute Gasteiger partial charge is 0.385 e. The summed E-state index contributed by atoms with van der Waals surface area (Å²) in [7, 11) is -1.72. The predicted molar refractivity (Wildman–Crippen MR) is 102 cm³/mol. The molecule has 6 nitrogen and oxygen atoms in total. The van der Waals surface area contributed by atoms with Crippen molar-refractivity contribution >= 4 is 15.7 Å². The predicted octanol–water partition coefficient (Wildman–Crippen LogP) is 1.81. The van der Waals surface area contributed by atoms with Crippen molar-refractivity contribution in [1.29, 1.82) is 0 Å². The summed E-state index contributed by atoms with van der Waals surface area (Å²) in [4.78, 5) is 17.0. The van der Waals surface area contributed by atoms with E-state index in [2.05, 4.69) is 18.7 Å². The fourth-order valence-corrected chi connectivity index (χ4v) is 4.77. The first kappa shape index (κ1) is 20.9. The summed E-state index contributed by atoms with van der Waals surface area (Å²) in [5.74, 6) is -0.230. The highest BCUT2D eigenvalue weighted by Gasteiger charge is 2.31. The fraction of sp³-hybridized carbons (Fsp3) is 0.632. The van der Waals surface area contributed by atoms with Gasteiger partial charge in [-0.2, -0.15) is 0 Å². The minimum Gasteiger partial charge on any atom is -0.385 e. The molecule has 2 unspecified atom stereocenters. The summed E-state index contributed by atoms with van der Waals surface area (Å²) >= 11 is 0. The molecule has 0 spiro atoms. The number of piperazine rings is 1. The second-order valence-electron chi connectivity index (χ2n) is 6.96. The van der Waals surface area contributed by atoms with Gasteiger partial charge in [0.2, 0.25) is 5.91 Å². The Kier molecular flexibility index (Phi) is 7.61. The highest BCUT2D eigenvalue weighted by atomic mass is 32.2. The summed E-state index contributed by atoms with van der Waals surface area (Å²) in [5, 5.41) is 0. The van der Waals surface area contributed by atoms with Crippen molar-refractivity contribution in [1.82, 2.24) is 9.80 Å². The summed E-state index contributed by atoms with van der Waals surface area (Å²) in [6.07, 6.45) is 0.995. The molecule has 1 aromatic rings. The van der Waals surface area contributed by atoms with Crippen LogP contribution in [-0.2, 0) is 19.4 Å². The number of nitrogens with zero attached hydrogens (tertiary/aromatic N) is 2. The van der Waals surface area contributed by atoms with Gasteiger partial charge >= 0.3 is 0 Å². The minimum atomic E-state index is -3.42. The van der Waals surface area contributed by atoms with Crippen LogP contribution in [0.5, 0.6) is 0 Å². The molecule has 7 heteroatoms. The molecule has 0 saturated carbocycles. The van der Waals surface area contributed by atoms with E-state index in [4.69, 9.17) is 4.74 Å². The topological polar surface area (TPSA) is 66.9 Å². The highest BCUT2D eigenvalue weighted by molar-refractivity contribution is 7.91. The summed E-state index contributed by atoms with van der Waals surface area (Å²) < 4.78 is 29.8. The molecular formula is C19H30N2O4S. The van der Waals surface area contributed by atoms with Crippen LogP contribution in [0.2, 0.25) is 0 Å². The molecule has 1 fully saturated rings. The Morgan fingerprint density at radius 2 is 1.77 bits per heavy atom. The smallest absolute Gasteiger partial charge is 0.223 e. The molecule has 0 radical (unpaired) electrons. The number of sulfone groups is 1. The van der Waals surface area contributed by atoms with E-state index in [0.717, 1.165) is 19.6 Å². The number of methoxy groups -OCH3 is 1. The normalized spacial score (nSPS) is 21.7. The third-order valence-corrected chi connectivity index (χ3v) is 6.64. The monoisotopic (exact) mass is 382 g/mol. The molecule has 1 heterocycles. The Morgan fingerprint density at radius 3 is 2.35 bits per heavy atom. The summed E-state index contributed by atoms with van der Waals surface area (Å²) in [6, 6.07) is 8.82. The quantitative estimate of drug-likeness (QED) is 0.642. The Bertz CT molecular complexity index is 666. The Balaban J connectivity index is 1.89. The molecule has 0 N–H and O–H groups in total. The zero-order valence-corrected chi connectivity index (χ0v) is 16.7. The van der Waals surface area contributed by atoms with E-state index in [1.165, 1.54) is 0 Å². The van der Waals surface area contributed by atoms with Crippen molar-refractivity contribution in [2.45, 2.75) is 43.7 Å². The van der Waals surface area contributed by atoms with Crippen LogP contribution in [0, 0.1) is 0 Å². The zero-order valence-electron chi connectivity index (χ0n) is 15.9. The van der Waals surface area contributed by atoms with Gasteiger partial charge in [-0.3, -0.25) is 9.69 Å². The van der Waals surface area contributed by atoms with Crippen LogP contribution in [0.3, 0.4) is 0 Å². The van der Waals surface area contributed by atoms with Crippen LogP contribution in [0.4, 0.5) is 0 Å². The molecule has 1 saturated heterocycles. The molecule has 146 valence electrons. The van der Waals surface area contributed by atoms with Gasteiger partial charge in [-0.1, -0.05) is 18.2 Å². The van der Waals surface area contributed by atoms with Crippen LogP contribution in [0.15, 0.2) is 35.2 Å². The number of ether oxygens (including phenoxy) is 1. The van der Waals surface area contributed by atoms with Gasteiger partial charge in [-0.05, 0) is 32.4 Å². The second kappa shape index (κ2) is 9.48. The molecule has 0 bridgehead atoms. The maximum atomic E-state index is 12.6. The van der Waals surface area contributed by atoms with E-state index in [9.17, 15) is 13.2 Å². The lowest BCUT2D eigenvalue weighted by Gasteiger charge is -2.44. The van der Waals surface area contributed by atoms with Crippen molar-refractivity contribution in [2.75, 3.05) is 39.1 Å². The molecule has 0 aliphatic carbocycles. The van der Waals surface area contributed by atoms with Gasteiger partial charge in [0.15, 0.2) is 9.84 Å². The van der Waals surface area contributed by atoms with Crippen LogP contribution in [-0.4, -0.2) is 75.3 Å². The number of carbonyl (C=O) groups is 1. The van der Waals surface area contributed by atoms with E-state index in [1.807, 2.05) is 4.90 Å². The van der Waals surface area contributed by atoms with Crippen molar-refractivity contribution in [3.05, 3.63) is 30.3 Å². The number of rotatable bonds is 8. The van der Waals surface area contributed by atoms with Gasteiger partial charge in [0.25, 0.3) is 0 Å². The SMILES string of the molecule is COCCCN1C(C)CN(C(=O)CCS(=O)(=O)c2ccccc2)CC1C. The van der Waals surface area contributed by atoms with E-state index in [1.54, 1.807) is 37.4 Å². The summed E-state index contributed by atoms with van der Waals surface area (Å²) in [6.45, 7) is 7.19. The lowest BCUT2D eigenvalue weighted by atomic mass is 10.1. The molecule has 1 aliphatic heterocycles. The average Bonchev–Trinajstić information content (AvgIpc) is 2.62. The Labute approximate surface area is 157 Å². The Hall–Kier alpha value is -1.44. The van der Waals surface area contributed by atoms with Gasteiger partial charge in [0, 0.05) is 51.9 Å². The Morgan fingerprint density at radius 1 is 1.15 bits per heavy atom. The maximum Gasteiger partial charge on any atom is 0.223 e. The number of amides is 1. The number of benzene rings is 1. The van der Waals surface area contributed by atoms with Gasteiger partial charge in [-0.25, -0.2) is 8.42 Å². The van der Waals surface area contributed by atoms with Crippen LogP contribution in [0.1, 0.15) is 26.7 Å². The summed E-state index contributed by atoms with van der Waals surface area (Å²) in [5.41, 5.74) is 0. The second-order valence-corrected chi connectivity index (χ2v) is 9.07. The molecule has 0 aromatic heterocycles. The van der Waals surface area contributed by atoms with Crippen molar-refractivity contribution in [3.63, 3.8) is 0 Å². The zero-order chi connectivity index (χ0) is 19.2. The molecule has 1 aromatic carbocycles. The van der Waals surface area contributed by atoms with Crippen molar-refractivity contribution < 1.29 is 17.9 Å². The van der Waals surface area contributed by atoms with Crippen LogP contribution >= 0.6 is 0 Å². The third-order valence-electron chi connectivity index (χ3n) is 4.91. The lowest BCUT2D eigenvalue weighted by Crippen LogP contribution is -2.58. The molecular weight excluding hydrogens is 352 g/mol. The molecule has 2 rings (SSSR count). The fourth-order valence-electron chi connectivity index (χ4n) is 3.52. The van der Waals surface area contributed by atoms with Gasteiger partial charge in [0.1, 0.15) is 0 Å². The highest BCUT2D eigenvalue weighted by Crippen LogP contribution is 2.18. The number of carbonyl (C=O) groups excluding carboxylic acids is 1. The average molecular weight is 383 g/mol. The molecule has 1 aliphatic rings. The molecule has 26 heavy (non-hydrogen) atoms. The third kappa shape index (κ3) is 5.53. The van der Waals surface area contributed by atoms with Crippen LogP contribution < -0.4 is 0 Å². The van der Waals surface area contributed by atoms with Gasteiger partial charge in [-0.15, -0.1) is 0 Å². The van der Waals surface area contributed by atoms with Crippen molar-refractivity contribution in [3.8, 4) is 0 Å². The van der Waals surface area contributed by atoms with Crippen LogP contribution in [0.25, 0.3) is 0 Å². The minimum absolute atomic E-state index is 0.0281. The van der Waals surface area contributed by atoms with E-state index >= 15 is 0 Å². The van der Waals surface area contributed by atoms with Gasteiger partial charge < -0.3 is 9.64 Å². The van der Waals surface area contributed by atoms with E-state index in [-0.39, 0.29) is 35.1 Å². The van der Waals surface area contributed by atoms with E-state index in [0.29, 0.717) is 13.1 Å². The first-order valence-corrected chi connectivity index (χ1v) is 10.8. The molecule has 1 amide bonds. The first-order valence-electron chi connectivity index (χ1n) is 9.15. The lowest BCUT2D eigenvalue weighted by molar-refractivity contribution is -0.135. The molecule has 2 atom stereocenters. The standard InChI is InChI=1S/C19H30N2O4S/c1-16-14-20(15-17(2)21(16)11-7-12-25-3)19(22)10-13-26(23,24)18-8-5-4-6-9-18/h4-6,8-9,16-17H,7,10-15H2,1-3H3. The van der Waals surface area contributed by atoms with E-state index < -0.39 is 9.84 Å². The first-order chi connectivity index (χ1) is 12.3. The maximum absolute atomic E-state index is 12.6.